The first-order valence-corrected chi connectivity index (χ1v) is 28.3. The monoisotopic (exact) mass is 1000 g/mol. The Balaban J connectivity index is 0.000000238. The molecule has 1 N–H and O–H groups in total. The van der Waals surface area contributed by atoms with Gasteiger partial charge in [-0.1, -0.05) is 222 Å². The van der Waals surface area contributed by atoms with Gasteiger partial charge in [-0.2, -0.15) is 21.0 Å². The molecule has 0 aliphatic carbocycles. The van der Waals surface area contributed by atoms with Crippen molar-refractivity contribution in [3.8, 4) is 18.2 Å². The number of aromatic nitrogens is 4. The molecule has 74 heavy (non-hydrogen) atoms. The Morgan fingerprint density at radius 2 is 0.919 bits per heavy atom. The average Bonchev–Trinajstić information content (AvgIpc) is 4.00. The smallest absolute Gasteiger partial charge is 0.185 e. The van der Waals surface area contributed by atoms with Gasteiger partial charge in [-0.15, -0.1) is 15.0 Å². The van der Waals surface area contributed by atoms with Gasteiger partial charge in [0.2, 0.25) is 0 Å². The largest absolute Gasteiger partial charge is 0.303 e. The van der Waals surface area contributed by atoms with Crippen molar-refractivity contribution in [1.82, 2.24) is 30.4 Å². The van der Waals surface area contributed by atoms with Crippen LogP contribution in [0.3, 0.4) is 0 Å². The lowest BCUT2D eigenvalue weighted by atomic mass is 9.71. The van der Waals surface area contributed by atoms with Crippen LogP contribution in [0, 0.1) is 34.0 Å². The van der Waals surface area contributed by atoms with E-state index in [1.54, 1.807) is 0 Å². The van der Waals surface area contributed by atoms with E-state index in [1.807, 2.05) is 117 Å². The molecule has 9 rings (SSSR count). The summed E-state index contributed by atoms with van der Waals surface area (Å²) in [6.45, 7) is 11.2. The lowest BCUT2D eigenvalue weighted by molar-refractivity contribution is 0.168. The summed E-state index contributed by atoms with van der Waals surface area (Å²) in [5, 5.41) is 46.1. The Bertz CT molecular complexity index is 2810. The summed E-state index contributed by atoms with van der Waals surface area (Å²) in [7, 11) is -1.45. The lowest BCUT2D eigenvalue weighted by Crippen LogP contribution is -2.45. The molecule has 0 atom stereocenters. The summed E-state index contributed by atoms with van der Waals surface area (Å²) in [5.41, 5.74) is 12.4. The van der Waals surface area contributed by atoms with Crippen molar-refractivity contribution in [3.63, 3.8) is 0 Å². The number of nitriles is 3. The maximum absolute atomic E-state index is 10.5. The second kappa shape index (κ2) is 26.8. The predicted octanol–water partition coefficient (Wildman–Crippen LogP) is 13.3. The number of aromatic amines is 1. The Hall–Kier alpha value is -7.69. The average molecular weight is 1000 g/mol. The van der Waals surface area contributed by atoms with E-state index in [1.165, 1.54) is 5.56 Å². The highest BCUT2D eigenvalue weighted by Crippen LogP contribution is 2.42. The van der Waals surface area contributed by atoms with Crippen molar-refractivity contribution in [2.75, 3.05) is 39.3 Å². The standard InChI is InChI=1S/C28H28N6.C28H27N3.C3H9N3Si.2CH4/c29-22-28(24-12-6-2-7-13-24,25-14-8-3-9-15-25)18-21-34-19-16-27(17-20-34,26-30-32-33-31-26)23-10-4-1-5-11-23;29-22-27(24-10-4-1-5-11-24)16-19-31(20-17-27)21-18-28(23-30,25-12-6-2-7-13-25)26-14-8-3-9-15-26;1-7(2,3)6-5-4;;/h1-15H,16-21H2,(H,30,31,32,33);1-15H,16-21H2;1-3H3;2*1H4. The Morgan fingerprint density at radius 1 is 0.568 bits per heavy atom. The predicted molar refractivity (Wildman–Crippen MR) is 300 cm³/mol. The zero-order valence-electron chi connectivity index (χ0n) is 41.7. The number of rotatable bonds is 14. The number of hydrogen-bond donors (Lipinski definition) is 1. The maximum atomic E-state index is 10.5. The minimum Gasteiger partial charge on any atom is -0.303 e. The molecule has 6 aromatic carbocycles. The SMILES string of the molecule is C.C.C[Si](C)(C)N=[N+]=[N-].N#CC(CCN1CCC(c2ccccc2)(c2nn[nH]n2)CC1)(c1ccccc1)c1ccccc1.N#CC1(c2ccccc2)CCN(CCC(C#N)(c2ccccc2)c2ccccc2)CC1. The van der Waals surface area contributed by atoms with Gasteiger partial charge in [0.1, 0.15) is 19.1 Å². The van der Waals surface area contributed by atoms with Crippen molar-refractivity contribution < 1.29 is 0 Å². The van der Waals surface area contributed by atoms with Crippen LogP contribution in [0.4, 0.5) is 0 Å². The summed E-state index contributed by atoms with van der Waals surface area (Å²) >= 11 is 0. The zero-order chi connectivity index (χ0) is 50.8. The third-order valence-corrected chi connectivity index (χ3v) is 15.1. The van der Waals surface area contributed by atoms with Crippen LogP contribution in [0.2, 0.25) is 19.6 Å². The number of benzene rings is 6. The van der Waals surface area contributed by atoms with Crippen LogP contribution in [-0.2, 0) is 21.7 Å². The highest BCUT2D eigenvalue weighted by Gasteiger charge is 2.43. The van der Waals surface area contributed by atoms with Gasteiger partial charge in [-0.05, 0) is 109 Å². The maximum Gasteiger partial charge on any atom is 0.185 e. The first-order chi connectivity index (χ1) is 35.0. The van der Waals surface area contributed by atoms with Gasteiger partial charge in [0.25, 0.3) is 0 Å². The number of piperidine rings is 2. The molecule has 2 fully saturated rings. The van der Waals surface area contributed by atoms with Gasteiger partial charge in [0.05, 0.1) is 29.0 Å². The Labute approximate surface area is 441 Å². The summed E-state index contributed by atoms with van der Waals surface area (Å²) in [5.74, 6) is 0.762. The summed E-state index contributed by atoms with van der Waals surface area (Å²) in [6, 6.07) is 69.3. The van der Waals surface area contributed by atoms with Crippen LogP contribution >= 0.6 is 0 Å². The van der Waals surface area contributed by atoms with Gasteiger partial charge in [-0.3, -0.25) is 0 Å². The Kier molecular flexibility index (Phi) is 20.8. The van der Waals surface area contributed by atoms with Gasteiger partial charge < -0.3 is 9.80 Å². The number of nitrogens with zero attached hydrogens (tertiary/aromatic N) is 11. The highest BCUT2D eigenvalue weighted by atomic mass is 28.3. The van der Waals surface area contributed by atoms with Gasteiger partial charge in [0, 0.05) is 13.1 Å². The molecule has 0 spiro atoms. The van der Waals surface area contributed by atoms with Crippen molar-refractivity contribution in [1.29, 1.82) is 15.8 Å². The fourth-order valence-corrected chi connectivity index (χ4v) is 10.5. The quantitative estimate of drug-likeness (QED) is 0.0483. The molecule has 2 aliphatic heterocycles. The first-order valence-electron chi connectivity index (χ1n) is 24.9. The highest BCUT2D eigenvalue weighted by molar-refractivity contribution is 6.74. The van der Waals surface area contributed by atoms with Crippen LogP contribution in [0.1, 0.15) is 92.6 Å². The molecular formula is C61H72N12Si. The van der Waals surface area contributed by atoms with Crippen molar-refractivity contribution in [2.45, 2.75) is 94.7 Å². The molecule has 12 nitrogen and oxygen atoms in total. The Morgan fingerprint density at radius 3 is 1.22 bits per heavy atom. The third-order valence-electron chi connectivity index (χ3n) is 14.5. The molecule has 0 bridgehead atoms. The summed E-state index contributed by atoms with van der Waals surface area (Å²) < 4.78 is 3.58. The van der Waals surface area contributed by atoms with Gasteiger partial charge >= 0.3 is 0 Å². The molecular weight excluding hydrogens is 929 g/mol. The van der Waals surface area contributed by atoms with Crippen molar-refractivity contribution in [2.24, 2.45) is 4.78 Å². The first kappa shape index (κ1) is 57.2. The van der Waals surface area contributed by atoms with E-state index < -0.39 is 24.5 Å². The summed E-state index contributed by atoms with van der Waals surface area (Å²) in [4.78, 5) is 7.58. The van der Waals surface area contributed by atoms with E-state index in [2.05, 4.69) is 143 Å². The van der Waals surface area contributed by atoms with Crippen LogP contribution in [-0.4, -0.2) is 77.9 Å². The van der Waals surface area contributed by atoms with Crippen LogP contribution in [0.5, 0.6) is 0 Å². The number of hydrogen-bond acceptors (Lipinski definition) is 9. The van der Waals surface area contributed by atoms with E-state index in [0.29, 0.717) is 0 Å². The van der Waals surface area contributed by atoms with E-state index in [4.69, 9.17) is 5.53 Å². The molecule has 0 amide bonds. The van der Waals surface area contributed by atoms with E-state index in [-0.39, 0.29) is 20.3 Å². The molecule has 2 aliphatic rings. The van der Waals surface area contributed by atoms with Crippen LogP contribution in [0.15, 0.2) is 187 Å². The molecule has 7 aromatic rings. The van der Waals surface area contributed by atoms with Gasteiger partial charge in [0.15, 0.2) is 5.82 Å². The van der Waals surface area contributed by atoms with Crippen LogP contribution in [0.25, 0.3) is 10.4 Å². The number of tetrazole rings is 1. The normalized spacial score (nSPS) is 15.1. The molecule has 0 saturated carbocycles. The molecule has 0 radical (unpaired) electrons. The van der Waals surface area contributed by atoms with E-state index in [9.17, 15) is 15.8 Å². The minimum atomic E-state index is -1.45. The fraction of sp³-hybridized carbons (Fsp3) is 0.344. The topological polar surface area (TPSA) is 181 Å². The molecule has 0 unspecified atom stereocenters. The van der Waals surface area contributed by atoms with E-state index in [0.717, 1.165) is 111 Å². The second-order valence-corrected chi connectivity index (χ2v) is 24.3. The van der Waals surface area contributed by atoms with Crippen LogP contribution < -0.4 is 0 Å². The van der Waals surface area contributed by atoms with E-state index >= 15 is 0 Å². The molecule has 13 heteroatoms. The summed E-state index contributed by atoms with van der Waals surface area (Å²) in [6.07, 6.45) is 4.92. The number of azide groups is 1. The lowest BCUT2D eigenvalue weighted by Gasteiger charge is -2.41. The number of nitrogens with one attached hydrogen (secondary N) is 1. The third kappa shape index (κ3) is 13.5. The fourth-order valence-electron chi connectivity index (χ4n) is 10.3. The van der Waals surface area contributed by atoms with Crippen molar-refractivity contribution in [3.05, 3.63) is 232 Å². The molecule has 3 heterocycles. The molecule has 2 saturated heterocycles. The number of H-pyrrole nitrogens is 1. The number of likely N-dealkylation sites (tertiary alicyclic amines) is 2. The second-order valence-electron chi connectivity index (χ2n) is 19.8. The molecule has 380 valence electrons. The minimum absolute atomic E-state index is 0. The van der Waals surface area contributed by atoms with Crippen molar-refractivity contribution >= 4 is 8.24 Å². The molecule has 1 aromatic heterocycles. The zero-order valence-corrected chi connectivity index (χ0v) is 42.7. The van der Waals surface area contributed by atoms with Gasteiger partial charge in [-0.25, -0.2) is 0 Å².